The van der Waals surface area contributed by atoms with Crippen molar-refractivity contribution in [1.29, 1.82) is 0 Å². The average molecular weight is 104 g/mol. The fraction of sp³-hybridized carbons (Fsp3) is 0.667. The Kier molecular flexibility index (Phi) is 1.88. The molecular weight excluding hydrogens is 88.1 g/mol. The van der Waals surface area contributed by atoms with Gasteiger partial charge < -0.3 is 4.74 Å². The number of hydrogen-bond donors (Lipinski definition) is 0. The molecule has 0 aromatic carbocycles. The summed E-state index contributed by atoms with van der Waals surface area (Å²) in [5, 5.41) is 0. The minimum Gasteiger partial charge on any atom is -0.377 e. The maximum atomic E-state index is 7.09. The molecular formula is C6H12O. The fourth-order valence-corrected chi connectivity index (χ4v) is 0.156. The first-order valence-electron chi connectivity index (χ1n) is 4.17. The zero-order valence-corrected chi connectivity index (χ0v) is 4.40. The van der Waals surface area contributed by atoms with E-state index in [0.29, 0.717) is 0 Å². The first-order chi connectivity index (χ1) is 4.83. The lowest BCUT2D eigenvalue weighted by Crippen LogP contribution is -1.90. The van der Waals surface area contributed by atoms with E-state index in [2.05, 4.69) is 11.3 Å². The molecule has 0 aromatic heterocycles. The van der Waals surface area contributed by atoms with Crippen LogP contribution in [-0.4, -0.2) is 13.1 Å². The molecule has 0 radical (unpaired) electrons. The topological polar surface area (TPSA) is 9.23 Å². The third-order valence-electron chi connectivity index (χ3n) is 0.359. The summed E-state index contributed by atoms with van der Waals surface area (Å²) < 4.78 is 32.7. The Balaban J connectivity index is 4.12. The van der Waals surface area contributed by atoms with Gasteiger partial charge in [-0.05, 0) is 6.42 Å². The number of hydrogen-bond acceptors (Lipinski definition) is 1. The van der Waals surface area contributed by atoms with Crippen molar-refractivity contribution in [3.63, 3.8) is 0 Å². The fourth-order valence-electron chi connectivity index (χ4n) is 0.156. The summed E-state index contributed by atoms with van der Waals surface area (Å²) in [5.41, 5.74) is 0. The Hall–Kier alpha value is -0.300. The van der Waals surface area contributed by atoms with E-state index in [-0.39, 0.29) is 6.42 Å². The highest BCUT2D eigenvalue weighted by Gasteiger charge is 1.74. The molecule has 42 valence electrons. The van der Waals surface area contributed by atoms with Crippen LogP contribution < -0.4 is 0 Å². The summed E-state index contributed by atoms with van der Waals surface area (Å²) in [4.78, 5) is 0. The van der Waals surface area contributed by atoms with E-state index in [4.69, 9.17) is 5.48 Å². The van der Waals surface area contributed by atoms with Crippen LogP contribution in [0.4, 0.5) is 0 Å². The SMILES string of the molecule is [2H]C([2H])(C=C)OC([2H])([2H])CC. The Morgan fingerprint density at radius 3 is 3.14 bits per heavy atom. The zero-order chi connectivity index (χ0) is 9.12. The van der Waals surface area contributed by atoms with Gasteiger partial charge in [0.2, 0.25) is 0 Å². The molecule has 7 heavy (non-hydrogen) atoms. The molecule has 0 aliphatic carbocycles. The summed E-state index contributed by atoms with van der Waals surface area (Å²) in [6.07, 6.45) is 1.04. The zero-order valence-electron chi connectivity index (χ0n) is 8.40. The van der Waals surface area contributed by atoms with Crippen molar-refractivity contribution in [3.8, 4) is 0 Å². The van der Waals surface area contributed by atoms with E-state index in [9.17, 15) is 0 Å². The van der Waals surface area contributed by atoms with Crippen LogP contribution in [-0.2, 0) is 4.74 Å². The minimum absolute atomic E-state index is 0.111. The van der Waals surface area contributed by atoms with E-state index >= 15 is 0 Å². The van der Waals surface area contributed by atoms with Crippen molar-refractivity contribution in [3.05, 3.63) is 12.7 Å². The van der Waals surface area contributed by atoms with Gasteiger partial charge in [0, 0.05) is 6.56 Å². The van der Waals surface area contributed by atoms with Crippen LogP contribution in [0.25, 0.3) is 0 Å². The average Bonchev–Trinajstić information content (AvgIpc) is 1.86. The van der Waals surface area contributed by atoms with Crippen molar-refractivity contribution in [2.75, 3.05) is 13.1 Å². The van der Waals surface area contributed by atoms with E-state index < -0.39 is 13.1 Å². The normalized spacial score (nSPS) is 21.3. The molecule has 0 unspecified atom stereocenters. The molecule has 0 spiro atoms. The highest BCUT2D eigenvalue weighted by Crippen LogP contribution is 1.77. The molecule has 0 rings (SSSR count). The molecule has 0 fully saturated rings. The first kappa shape index (κ1) is 2.31. The maximum absolute atomic E-state index is 7.09. The number of ether oxygens (including phenoxy) is 1. The molecule has 0 saturated carbocycles. The lowest BCUT2D eigenvalue weighted by molar-refractivity contribution is 0.163. The molecule has 0 N–H and O–H groups in total. The van der Waals surface area contributed by atoms with Gasteiger partial charge in [-0.1, -0.05) is 13.0 Å². The molecule has 0 heterocycles. The second-order valence-corrected chi connectivity index (χ2v) is 0.922. The molecule has 0 aliphatic rings. The summed E-state index contributed by atoms with van der Waals surface area (Å²) in [7, 11) is 0. The first-order valence-corrected chi connectivity index (χ1v) is 2.17. The quantitative estimate of drug-likeness (QED) is 0.492. The van der Waals surface area contributed by atoms with Crippen LogP contribution in [0.3, 0.4) is 0 Å². The lowest BCUT2D eigenvalue weighted by atomic mass is 10.5. The van der Waals surface area contributed by atoms with Gasteiger partial charge in [0.05, 0.1) is 12.0 Å². The van der Waals surface area contributed by atoms with Crippen molar-refractivity contribution >= 4 is 0 Å². The standard InChI is InChI=1S/C6H12O/c1-3-5-7-6-4-2/h3H,1,4-6H2,2H3/i5D2,6D2. The Morgan fingerprint density at radius 2 is 2.71 bits per heavy atom. The van der Waals surface area contributed by atoms with Crippen LogP contribution in [0.1, 0.15) is 18.8 Å². The third-order valence-corrected chi connectivity index (χ3v) is 0.359. The predicted octanol–water partition coefficient (Wildman–Crippen LogP) is 1.60. The third kappa shape index (κ3) is 5.70. The largest absolute Gasteiger partial charge is 0.377 e. The second kappa shape index (κ2) is 5.70. The molecule has 0 amide bonds. The van der Waals surface area contributed by atoms with Crippen molar-refractivity contribution < 1.29 is 10.2 Å². The Labute approximate surface area is 50.6 Å². The van der Waals surface area contributed by atoms with Gasteiger partial charge in [0.1, 0.15) is 0 Å². The number of rotatable bonds is 4. The lowest BCUT2D eigenvalue weighted by Gasteiger charge is -1.92. The van der Waals surface area contributed by atoms with Gasteiger partial charge in [-0.3, -0.25) is 0 Å². The summed E-state index contributed by atoms with van der Waals surface area (Å²) in [6.45, 7) is 0.764. The molecule has 0 saturated heterocycles. The Bertz CT molecular complexity index is 144. The van der Waals surface area contributed by atoms with Crippen LogP contribution in [0.2, 0.25) is 0 Å². The van der Waals surface area contributed by atoms with Crippen molar-refractivity contribution in [2.24, 2.45) is 0 Å². The monoisotopic (exact) mass is 104 g/mol. The minimum atomic E-state index is -2.08. The second-order valence-electron chi connectivity index (χ2n) is 0.922. The van der Waals surface area contributed by atoms with Gasteiger partial charge in [0.25, 0.3) is 0 Å². The summed E-state index contributed by atoms with van der Waals surface area (Å²) >= 11 is 0. The van der Waals surface area contributed by atoms with Crippen molar-refractivity contribution in [2.45, 2.75) is 13.3 Å². The van der Waals surface area contributed by atoms with E-state index in [1.807, 2.05) is 0 Å². The molecule has 0 atom stereocenters. The van der Waals surface area contributed by atoms with Gasteiger partial charge in [-0.25, -0.2) is 0 Å². The predicted molar refractivity (Wildman–Crippen MR) is 31.3 cm³/mol. The molecule has 1 heteroatoms. The van der Waals surface area contributed by atoms with Gasteiger partial charge in [0.15, 0.2) is 0 Å². The molecule has 0 aliphatic heterocycles. The van der Waals surface area contributed by atoms with Crippen molar-refractivity contribution in [1.82, 2.24) is 0 Å². The van der Waals surface area contributed by atoms with Gasteiger partial charge in [-0.2, -0.15) is 0 Å². The summed E-state index contributed by atoms with van der Waals surface area (Å²) in [5.74, 6) is 0. The molecule has 0 aromatic rings. The van der Waals surface area contributed by atoms with Crippen LogP contribution in [0, 0.1) is 0 Å². The highest BCUT2D eigenvalue weighted by molar-refractivity contribution is 4.63. The van der Waals surface area contributed by atoms with Crippen LogP contribution >= 0.6 is 0 Å². The maximum Gasteiger partial charge on any atom is 0.0644 e. The van der Waals surface area contributed by atoms with Gasteiger partial charge >= 0.3 is 0 Å². The molecule has 0 bridgehead atoms. The smallest absolute Gasteiger partial charge is 0.0644 e. The summed E-state index contributed by atoms with van der Waals surface area (Å²) in [6, 6.07) is 0. The van der Waals surface area contributed by atoms with Crippen LogP contribution in [0.15, 0.2) is 12.7 Å². The highest BCUT2D eigenvalue weighted by atomic mass is 16.5. The molecule has 1 nitrogen and oxygen atoms in total. The van der Waals surface area contributed by atoms with Crippen LogP contribution in [0.5, 0.6) is 0 Å². The van der Waals surface area contributed by atoms with Gasteiger partial charge in [-0.15, -0.1) is 6.58 Å². The van der Waals surface area contributed by atoms with E-state index in [0.717, 1.165) is 6.08 Å². The Morgan fingerprint density at radius 1 is 2.00 bits per heavy atom. The van der Waals surface area contributed by atoms with E-state index in [1.54, 1.807) is 6.92 Å². The van der Waals surface area contributed by atoms with E-state index in [1.165, 1.54) is 0 Å².